The van der Waals surface area contributed by atoms with Crippen LogP contribution in [-0.4, -0.2) is 41.3 Å². The van der Waals surface area contributed by atoms with E-state index in [0.717, 1.165) is 0 Å². The van der Waals surface area contributed by atoms with Gasteiger partial charge in [-0.1, -0.05) is 6.07 Å². The highest BCUT2D eigenvalue weighted by Gasteiger charge is 2.59. The molecule has 29 heavy (non-hydrogen) atoms. The number of carboxylic acids is 1. The number of hydrogen-bond acceptors (Lipinski definition) is 6. The van der Waals surface area contributed by atoms with Crippen LogP contribution in [0.25, 0.3) is 0 Å². The largest absolute Gasteiger partial charge is 0.497 e. The van der Waals surface area contributed by atoms with Gasteiger partial charge in [0.15, 0.2) is 5.41 Å². The Bertz CT molecular complexity index is 783. The molecule has 7 nitrogen and oxygen atoms in total. The molecule has 0 amide bonds. The average molecular weight is 406 g/mol. The van der Waals surface area contributed by atoms with Crippen molar-refractivity contribution in [2.75, 3.05) is 7.11 Å². The van der Waals surface area contributed by atoms with Gasteiger partial charge in [0.25, 0.3) is 0 Å². The van der Waals surface area contributed by atoms with Crippen molar-refractivity contribution in [2.45, 2.75) is 76.9 Å². The van der Waals surface area contributed by atoms with Crippen molar-refractivity contribution >= 4 is 17.9 Å². The predicted octanol–water partition coefficient (Wildman–Crippen LogP) is 3.58. The van der Waals surface area contributed by atoms with E-state index < -0.39 is 40.4 Å². The Labute approximate surface area is 171 Å². The van der Waals surface area contributed by atoms with Gasteiger partial charge in [0.05, 0.1) is 13.5 Å². The smallest absolute Gasteiger partial charge is 0.328 e. The maximum absolute atomic E-state index is 13.4. The van der Waals surface area contributed by atoms with Crippen LogP contribution >= 0.6 is 0 Å². The summed E-state index contributed by atoms with van der Waals surface area (Å²) < 4.78 is 16.5. The van der Waals surface area contributed by atoms with Gasteiger partial charge in [0.1, 0.15) is 17.0 Å². The maximum Gasteiger partial charge on any atom is 0.328 e. The van der Waals surface area contributed by atoms with Crippen LogP contribution in [0.5, 0.6) is 5.75 Å². The lowest BCUT2D eigenvalue weighted by atomic mass is 9.80. The molecule has 0 heterocycles. The number of rotatable bonds is 5. The van der Waals surface area contributed by atoms with E-state index in [0.29, 0.717) is 16.9 Å². The minimum Gasteiger partial charge on any atom is -0.497 e. The minimum absolute atomic E-state index is 0.0361. The highest BCUT2D eigenvalue weighted by atomic mass is 16.6. The van der Waals surface area contributed by atoms with E-state index in [-0.39, 0.29) is 12.8 Å². The number of ether oxygens (including phenoxy) is 3. The molecule has 0 spiro atoms. The fourth-order valence-corrected chi connectivity index (χ4v) is 3.58. The standard InChI is InChI=1S/C22H30O7/c1-20(2,3)28-18(25)22(19(26)29-21(4,5)6)12-13(10-17(23)24)15-11-14(27-7)8-9-16(15)22/h8-9,11,13H,10,12H2,1-7H3,(H,23,24). The highest BCUT2D eigenvalue weighted by molar-refractivity contribution is 6.08. The second-order valence-corrected chi connectivity index (χ2v) is 9.36. The molecule has 1 N–H and O–H groups in total. The first-order valence-electron chi connectivity index (χ1n) is 9.57. The minimum atomic E-state index is -1.73. The topological polar surface area (TPSA) is 99.1 Å². The van der Waals surface area contributed by atoms with Gasteiger partial charge in [-0.05, 0) is 77.1 Å². The molecule has 160 valence electrons. The quantitative estimate of drug-likeness (QED) is 0.589. The van der Waals surface area contributed by atoms with Crippen molar-refractivity contribution < 1.29 is 33.7 Å². The number of aliphatic carboxylic acids is 1. The Morgan fingerprint density at radius 2 is 1.55 bits per heavy atom. The summed E-state index contributed by atoms with van der Waals surface area (Å²) in [5, 5.41) is 9.38. The second kappa shape index (κ2) is 7.69. The zero-order chi connectivity index (χ0) is 22.2. The molecule has 1 atom stereocenters. The summed E-state index contributed by atoms with van der Waals surface area (Å²) in [6.45, 7) is 10.3. The van der Waals surface area contributed by atoms with E-state index in [1.54, 1.807) is 59.7 Å². The molecule has 2 rings (SSSR count). The molecule has 1 aliphatic carbocycles. The van der Waals surface area contributed by atoms with Gasteiger partial charge >= 0.3 is 17.9 Å². The van der Waals surface area contributed by atoms with Gasteiger partial charge in [-0.15, -0.1) is 0 Å². The van der Waals surface area contributed by atoms with E-state index in [1.807, 2.05) is 0 Å². The van der Waals surface area contributed by atoms with Gasteiger partial charge in [-0.2, -0.15) is 0 Å². The van der Waals surface area contributed by atoms with Crippen LogP contribution in [0.3, 0.4) is 0 Å². The third-order valence-electron chi connectivity index (χ3n) is 4.63. The van der Waals surface area contributed by atoms with Crippen molar-refractivity contribution in [1.29, 1.82) is 0 Å². The van der Waals surface area contributed by atoms with E-state index in [4.69, 9.17) is 14.2 Å². The normalized spacial score (nSPS) is 18.0. The van der Waals surface area contributed by atoms with Crippen molar-refractivity contribution in [3.63, 3.8) is 0 Å². The first-order chi connectivity index (χ1) is 13.2. The van der Waals surface area contributed by atoms with Crippen molar-refractivity contribution in [2.24, 2.45) is 0 Å². The molecular formula is C22H30O7. The van der Waals surface area contributed by atoms with Crippen LogP contribution in [0.4, 0.5) is 0 Å². The molecular weight excluding hydrogens is 376 g/mol. The zero-order valence-corrected chi connectivity index (χ0v) is 18.1. The molecule has 0 saturated carbocycles. The second-order valence-electron chi connectivity index (χ2n) is 9.36. The van der Waals surface area contributed by atoms with Crippen molar-refractivity contribution in [3.05, 3.63) is 29.3 Å². The SMILES string of the molecule is COc1ccc2c(c1)C(CC(=O)O)CC2(C(=O)OC(C)(C)C)C(=O)OC(C)(C)C. The lowest BCUT2D eigenvalue weighted by Gasteiger charge is -2.33. The molecule has 0 aliphatic heterocycles. The number of carbonyl (C=O) groups excluding carboxylic acids is 2. The average Bonchev–Trinajstić information content (AvgIpc) is 2.86. The van der Waals surface area contributed by atoms with Crippen molar-refractivity contribution in [1.82, 2.24) is 0 Å². The molecule has 0 radical (unpaired) electrons. The Balaban J connectivity index is 2.68. The summed E-state index contributed by atoms with van der Waals surface area (Å²) in [5.41, 5.74) is -2.40. The summed E-state index contributed by atoms with van der Waals surface area (Å²) in [6, 6.07) is 4.95. The molecule has 0 aromatic heterocycles. The number of benzene rings is 1. The summed E-state index contributed by atoms with van der Waals surface area (Å²) in [6.07, 6.45) is -0.265. The van der Waals surface area contributed by atoms with Crippen LogP contribution in [-0.2, 0) is 29.3 Å². The van der Waals surface area contributed by atoms with Crippen LogP contribution in [0, 0.1) is 0 Å². The Morgan fingerprint density at radius 1 is 1.03 bits per heavy atom. The molecule has 1 aliphatic rings. The highest BCUT2D eigenvalue weighted by Crippen LogP contribution is 2.51. The van der Waals surface area contributed by atoms with Gasteiger partial charge in [-0.25, -0.2) is 0 Å². The van der Waals surface area contributed by atoms with Crippen molar-refractivity contribution in [3.8, 4) is 5.75 Å². The number of methoxy groups -OCH3 is 1. The molecule has 1 aromatic rings. The first-order valence-corrected chi connectivity index (χ1v) is 9.57. The third kappa shape index (κ3) is 4.89. The molecule has 0 fully saturated rings. The van der Waals surface area contributed by atoms with Crippen LogP contribution in [0.15, 0.2) is 18.2 Å². The lowest BCUT2D eigenvalue weighted by Crippen LogP contribution is -2.49. The Kier molecular flexibility index (Phi) is 6.02. The monoisotopic (exact) mass is 406 g/mol. The number of esters is 2. The Hall–Kier alpha value is -2.57. The number of fused-ring (bicyclic) bond motifs is 1. The number of hydrogen-bond donors (Lipinski definition) is 1. The summed E-state index contributed by atoms with van der Waals surface area (Å²) in [7, 11) is 1.50. The van der Waals surface area contributed by atoms with Gasteiger partial charge in [0.2, 0.25) is 0 Å². The molecule has 1 unspecified atom stereocenters. The summed E-state index contributed by atoms with van der Waals surface area (Å²) >= 11 is 0. The molecule has 0 bridgehead atoms. The molecule has 1 aromatic carbocycles. The van der Waals surface area contributed by atoms with E-state index in [1.165, 1.54) is 7.11 Å². The van der Waals surface area contributed by atoms with E-state index in [9.17, 15) is 19.5 Å². The molecule has 0 saturated heterocycles. The van der Waals surface area contributed by atoms with Gasteiger partial charge in [-0.3, -0.25) is 14.4 Å². The lowest BCUT2D eigenvalue weighted by molar-refractivity contribution is -0.178. The Morgan fingerprint density at radius 3 is 1.97 bits per heavy atom. The number of carboxylic acid groups (broad SMARTS) is 1. The fraction of sp³-hybridized carbons (Fsp3) is 0.591. The van der Waals surface area contributed by atoms with Gasteiger partial charge < -0.3 is 19.3 Å². The molecule has 7 heteroatoms. The summed E-state index contributed by atoms with van der Waals surface area (Å²) in [4.78, 5) is 38.2. The van der Waals surface area contributed by atoms with Gasteiger partial charge in [0, 0.05) is 0 Å². The number of carbonyl (C=O) groups is 3. The van der Waals surface area contributed by atoms with Crippen LogP contribution in [0.1, 0.15) is 71.4 Å². The third-order valence-corrected chi connectivity index (χ3v) is 4.63. The first kappa shape index (κ1) is 22.7. The fourth-order valence-electron chi connectivity index (χ4n) is 3.58. The van der Waals surface area contributed by atoms with Crippen LogP contribution in [0.2, 0.25) is 0 Å². The predicted molar refractivity (Wildman–Crippen MR) is 106 cm³/mol. The van der Waals surface area contributed by atoms with Crippen LogP contribution < -0.4 is 4.74 Å². The maximum atomic E-state index is 13.4. The van der Waals surface area contributed by atoms with E-state index in [2.05, 4.69) is 0 Å². The zero-order valence-electron chi connectivity index (χ0n) is 18.1. The van der Waals surface area contributed by atoms with E-state index >= 15 is 0 Å². The summed E-state index contributed by atoms with van der Waals surface area (Å²) in [5.74, 6) is -2.54.